The van der Waals surface area contributed by atoms with Gasteiger partial charge in [-0.3, -0.25) is 4.79 Å². The zero-order chi connectivity index (χ0) is 14.7. The molecular formula is C11H20N2O4S. The van der Waals surface area contributed by atoms with Crippen molar-refractivity contribution in [1.29, 1.82) is 0 Å². The van der Waals surface area contributed by atoms with Crippen LogP contribution >= 0.6 is 0 Å². The van der Waals surface area contributed by atoms with E-state index < -0.39 is 23.2 Å². The van der Waals surface area contributed by atoms with E-state index in [0.717, 1.165) is 0 Å². The molecule has 0 heterocycles. The molecule has 0 rings (SSSR count). The summed E-state index contributed by atoms with van der Waals surface area (Å²) in [5.41, 5.74) is -1.87. The molecule has 0 aromatic rings. The fourth-order valence-electron chi connectivity index (χ4n) is 1.91. The molecule has 0 saturated carbocycles. The zero-order valence-electron chi connectivity index (χ0n) is 11.6. The molecule has 1 unspecified atom stereocenters. The fraction of sp³-hybridized carbons (Fsp3) is 0.818. The Bertz CT molecular complexity index is 349. The van der Waals surface area contributed by atoms with Gasteiger partial charge >= 0.3 is 5.97 Å². The highest BCUT2D eigenvalue weighted by Crippen LogP contribution is 2.27. The molecule has 0 aliphatic heterocycles. The van der Waals surface area contributed by atoms with Gasteiger partial charge in [-0.2, -0.15) is 0 Å². The maximum atomic E-state index is 11.7. The Kier molecular flexibility index (Phi) is 5.21. The van der Waals surface area contributed by atoms with Gasteiger partial charge in [0.1, 0.15) is 0 Å². The van der Waals surface area contributed by atoms with Gasteiger partial charge in [0, 0.05) is 12.5 Å². The number of carboxylic acids is 1. The molecule has 0 fully saturated rings. The van der Waals surface area contributed by atoms with E-state index in [1.165, 1.54) is 25.7 Å². The Labute approximate surface area is 112 Å². The van der Waals surface area contributed by atoms with Crippen LogP contribution in [0.25, 0.3) is 0 Å². The van der Waals surface area contributed by atoms with Crippen molar-refractivity contribution in [3.8, 4) is 0 Å². The van der Waals surface area contributed by atoms with E-state index in [4.69, 9.17) is 4.84 Å². The van der Waals surface area contributed by atoms with Gasteiger partial charge in [0.25, 0.3) is 0 Å². The number of aliphatic carboxylic acids is 1. The van der Waals surface area contributed by atoms with Crippen LogP contribution in [0.2, 0.25) is 0 Å². The van der Waals surface area contributed by atoms with Crippen molar-refractivity contribution in [3.05, 3.63) is 0 Å². The summed E-state index contributed by atoms with van der Waals surface area (Å²) in [6, 6.07) is -1.18. The summed E-state index contributed by atoms with van der Waals surface area (Å²) in [5.74, 6) is -1.51. The largest absolute Gasteiger partial charge is 0.480 e. The lowest BCUT2D eigenvalue weighted by Gasteiger charge is -2.44. The molecule has 0 aromatic heterocycles. The minimum absolute atomic E-state index is 0.351. The van der Waals surface area contributed by atoms with Crippen LogP contribution in [0.1, 0.15) is 41.5 Å². The first kappa shape index (κ1) is 16.8. The van der Waals surface area contributed by atoms with Crippen LogP contribution in [-0.2, 0) is 26.9 Å². The fourth-order valence-corrected chi connectivity index (χ4v) is 2.10. The van der Waals surface area contributed by atoms with Crippen molar-refractivity contribution in [1.82, 2.24) is 4.90 Å². The van der Waals surface area contributed by atoms with Crippen molar-refractivity contribution >= 4 is 24.3 Å². The maximum absolute atomic E-state index is 11.7. The minimum atomic E-state index is -1.22. The van der Waals surface area contributed by atoms with E-state index in [1.807, 2.05) is 0 Å². The Hall–Kier alpha value is -1.24. The maximum Gasteiger partial charge on any atom is 0.330 e. The van der Waals surface area contributed by atoms with Crippen LogP contribution in [0, 0.1) is 0 Å². The second-order valence-electron chi connectivity index (χ2n) is 5.57. The normalized spacial score (nSPS) is 13.7. The summed E-state index contributed by atoms with van der Waals surface area (Å²) in [6.07, 6.45) is 0. The molecule has 104 valence electrons. The van der Waals surface area contributed by atoms with Gasteiger partial charge in [-0.05, 0) is 39.1 Å². The number of nitrogens with zero attached hydrogens (tertiary/aromatic N) is 2. The van der Waals surface area contributed by atoms with Crippen molar-refractivity contribution < 1.29 is 19.5 Å². The molecule has 0 aliphatic carbocycles. The Morgan fingerprint density at radius 2 is 1.72 bits per heavy atom. The number of carbonyl (C=O) groups excluding carboxylic acids is 1. The molecule has 1 N–H and O–H groups in total. The average Bonchev–Trinajstić information content (AvgIpc) is 2.09. The molecule has 0 radical (unpaired) electrons. The van der Waals surface area contributed by atoms with Gasteiger partial charge in [0.05, 0.1) is 12.4 Å². The summed E-state index contributed by atoms with van der Waals surface area (Å²) < 4.78 is 3.12. The number of hydrogen-bond acceptors (Lipinski definition) is 5. The van der Waals surface area contributed by atoms with Crippen molar-refractivity contribution in [2.75, 3.05) is 0 Å². The SMILES string of the molecule is CC(=O)N(C(C(=O)O)C(C)(C)ON=S)C(C)(C)C. The molecule has 0 aliphatic rings. The lowest BCUT2D eigenvalue weighted by molar-refractivity contribution is -0.171. The molecule has 0 spiro atoms. The minimum Gasteiger partial charge on any atom is -0.480 e. The highest BCUT2D eigenvalue weighted by molar-refractivity contribution is 7.47. The number of rotatable bonds is 5. The van der Waals surface area contributed by atoms with Crippen molar-refractivity contribution in [2.45, 2.75) is 58.7 Å². The molecule has 1 atom stereocenters. The third kappa shape index (κ3) is 3.90. The summed E-state index contributed by atoms with van der Waals surface area (Å²) in [5, 5.41) is 9.37. The van der Waals surface area contributed by atoms with E-state index in [2.05, 4.69) is 17.0 Å². The molecule has 7 heteroatoms. The summed E-state index contributed by atoms with van der Waals surface area (Å²) >= 11 is 4.36. The summed E-state index contributed by atoms with van der Waals surface area (Å²) in [6.45, 7) is 9.65. The van der Waals surface area contributed by atoms with E-state index >= 15 is 0 Å². The van der Waals surface area contributed by atoms with Crippen LogP contribution in [0.3, 0.4) is 0 Å². The van der Waals surface area contributed by atoms with E-state index in [9.17, 15) is 14.7 Å². The lowest BCUT2D eigenvalue weighted by Crippen LogP contribution is -2.62. The van der Waals surface area contributed by atoms with E-state index in [-0.39, 0.29) is 5.91 Å². The van der Waals surface area contributed by atoms with Crippen molar-refractivity contribution in [3.63, 3.8) is 0 Å². The predicted octanol–water partition coefficient (Wildman–Crippen LogP) is 1.53. The number of amides is 1. The molecule has 6 nitrogen and oxygen atoms in total. The highest BCUT2D eigenvalue weighted by Gasteiger charge is 2.47. The number of carbonyl (C=O) groups is 2. The van der Waals surface area contributed by atoms with Crippen LogP contribution < -0.4 is 0 Å². The van der Waals surface area contributed by atoms with Crippen LogP contribution in [0.5, 0.6) is 0 Å². The first-order valence-corrected chi connectivity index (χ1v) is 5.85. The van der Waals surface area contributed by atoms with Crippen LogP contribution in [-0.4, -0.2) is 39.1 Å². The Morgan fingerprint density at radius 3 is 1.94 bits per heavy atom. The third-order valence-electron chi connectivity index (χ3n) is 2.49. The van der Waals surface area contributed by atoms with E-state index in [1.54, 1.807) is 20.8 Å². The molecule has 18 heavy (non-hydrogen) atoms. The molecule has 1 amide bonds. The zero-order valence-corrected chi connectivity index (χ0v) is 12.4. The topological polar surface area (TPSA) is 79.2 Å². The van der Waals surface area contributed by atoms with Gasteiger partial charge < -0.3 is 14.8 Å². The highest BCUT2D eigenvalue weighted by atomic mass is 32.1. The quantitative estimate of drug-likeness (QED) is 0.770. The lowest BCUT2D eigenvalue weighted by atomic mass is 9.92. The number of carboxylic acid groups (broad SMARTS) is 1. The third-order valence-corrected chi connectivity index (χ3v) is 2.56. The molecule has 0 aromatic carbocycles. The van der Waals surface area contributed by atoms with Crippen LogP contribution in [0.4, 0.5) is 0 Å². The van der Waals surface area contributed by atoms with Gasteiger partial charge in [0.15, 0.2) is 11.6 Å². The molecule has 0 saturated heterocycles. The second-order valence-corrected chi connectivity index (χ2v) is 5.72. The van der Waals surface area contributed by atoms with E-state index in [0.29, 0.717) is 0 Å². The standard InChI is InChI=1S/C11H20N2O4S/c1-7(14)13(10(2,3)4)8(9(15)16)11(5,6)17-12-18/h8H,1-6H3,(H,15,16). The monoisotopic (exact) mass is 276 g/mol. The number of hydrogen-bond donors (Lipinski definition) is 1. The van der Waals surface area contributed by atoms with Crippen LogP contribution in [0.15, 0.2) is 4.53 Å². The van der Waals surface area contributed by atoms with Gasteiger partial charge in [-0.25, -0.2) is 4.79 Å². The molecular weight excluding hydrogens is 256 g/mol. The Morgan fingerprint density at radius 1 is 1.28 bits per heavy atom. The second kappa shape index (κ2) is 5.60. The summed E-state index contributed by atoms with van der Waals surface area (Å²) in [4.78, 5) is 29.4. The first-order chi connectivity index (χ1) is 7.95. The van der Waals surface area contributed by atoms with Crippen molar-refractivity contribution in [2.24, 2.45) is 4.53 Å². The molecule has 0 bridgehead atoms. The predicted molar refractivity (Wildman–Crippen MR) is 68.7 cm³/mol. The summed E-state index contributed by atoms with van der Waals surface area (Å²) in [7, 11) is 0. The van der Waals surface area contributed by atoms with Gasteiger partial charge in [-0.1, -0.05) is 0 Å². The Balaban J connectivity index is 5.65. The smallest absolute Gasteiger partial charge is 0.330 e. The first-order valence-electron chi connectivity index (χ1n) is 5.48. The van der Waals surface area contributed by atoms with Gasteiger partial charge in [0.2, 0.25) is 5.91 Å². The average molecular weight is 276 g/mol. The van der Waals surface area contributed by atoms with Gasteiger partial charge in [-0.15, -0.1) is 0 Å².